The van der Waals surface area contributed by atoms with Crippen LogP contribution in [-0.2, 0) is 0 Å². The van der Waals surface area contributed by atoms with E-state index >= 15 is 0 Å². The summed E-state index contributed by atoms with van der Waals surface area (Å²) in [6.45, 7) is 0. The van der Waals surface area contributed by atoms with Crippen LogP contribution in [-0.4, -0.2) is 5.11 Å². The first kappa shape index (κ1) is 14.0. The molecule has 0 atom stereocenters. The van der Waals surface area contributed by atoms with Crippen LogP contribution in [0.25, 0.3) is 33.4 Å². The maximum Gasteiger partial charge on any atom is 0.182 e. The Morgan fingerprint density at radius 2 is 1.70 bits per heavy atom. The fourth-order valence-electron chi connectivity index (χ4n) is 2.79. The molecule has 2 aliphatic rings. The number of benzene rings is 3. The standard InChI is InChI=1S/C19H11BrO3/c20-12-3-1-11(2-4-12)19-15-7-5-13(21)9-17(15)23-18-10-14(22)6-8-16(18)19/h1-10,21H. The van der Waals surface area contributed by atoms with Crippen molar-refractivity contribution in [3.63, 3.8) is 0 Å². The van der Waals surface area contributed by atoms with Crippen LogP contribution in [0.15, 0.2) is 74.3 Å². The Labute approximate surface area is 140 Å². The minimum Gasteiger partial charge on any atom is -0.508 e. The molecule has 0 spiro atoms. The van der Waals surface area contributed by atoms with E-state index in [1.807, 2.05) is 30.3 Å². The second kappa shape index (κ2) is 5.25. The lowest BCUT2D eigenvalue weighted by atomic mass is 9.94. The Morgan fingerprint density at radius 1 is 0.913 bits per heavy atom. The third kappa shape index (κ3) is 2.41. The van der Waals surface area contributed by atoms with Gasteiger partial charge in [0, 0.05) is 33.1 Å². The van der Waals surface area contributed by atoms with Crippen LogP contribution < -0.4 is 5.43 Å². The molecule has 2 aromatic carbocycles. The summed E-state index contributed by atoms with van der Waals surface area (Å²) in [5.74, 6) is 0.633. The second-order valence-corrected chi connectivity index (χ2v) is 6.24. The number of aromatic hydroxyl groups is 1. The van der Waals surface area contributed by atoms with E-state index in [-0.39, 0.29) is 11.2 Å². The van der Waals surface area contributed by atoms with Gasteiger partial charge in [-0.05, 0) is 42.0 Å². The number of hydrogen-bond donors (Lipinski definition) is 1. The minimum atomic E-state index is -0.109. The predicted octanol–water partition coefficient (Wildman–Crippen LogP) is 5.03. The van der Waals surface area contributed by atoms with E-state index < -0.39 is 0 Å². The number of halogens is 1. The molecule has 1 aliphatic carbocycles. The molecule has 0 aromatic heterocycles. The van der Waals surface area contributed by atoms with Crippen LogP contribution in [0.5, 0.6) is 5.75 Å². The summed E-state index contributed by atoms with van der Waals surface area (Å²) in [6, 6.07) is 17.8. The van der Waals surface area contributed by atoms with Crippen LogP contribution in [0, 0.1) is 0 Å². The van der Waals surface area contributed by atoms with Crippen molar-refractivity contribution in [2.24, 2.45) is 0 Å². The Morgan fingerprint density at radius 3 is 2.48 bits per heavy atom. The quantitative estimate of drug-likeness (QED) is 0.480. The van der Waals surface area contributed by atoms with Crippen molar-refractivity contribution >= 4 is 26.9 Å². The number of phenols is 1. The van der Waals surface area contributed by atoms with E-state index in [1.165, 1.54) is 12.1 Å². The van der Waals surface area contributed by atoms with Crippen molar-refractivity contribution in [1.82, 2.24) is 0 Å². The van der Waals surface area contributed by atoms with Gasteiger partial charge in [-0.15, -0.1) is 0 Å². The predicted molar refractivity (Wildman–Crippen MR) is 93.9 cm³/mol. The van der Waals surface area contributed by atoms with E-state index in [4.69, 9.17) is 4.42 Å². The van der Waals surface area contributed by atoms with E-state index in [9.17, 15) is 9.90 Å². The van der Waals surface area contributed by atoms with Gasteiger partial charge >= 0.3 is 0 Å². The van der Waals surface area contributed by atoms with Gasteiger partial charge in [0.25, 0.3) is 0 Å². The minimum absolute atomic E-state index is 0.109. The lowest BCUT2D eigenvalue weighted by Gasteiger charge is -2.15. The van der Waals surface area contributed by atoms with Crippen molar-refractivity contribution in [3.8, 4) is 28.2 Å². The zero-order valence-electron chi connectivity index (χ0n) is 11.9. The molecule has 1 heterocycles. The summed E-state index contributed by atoms with van der Waals surface area (Å²) >= 11 is 3.44. The Balaban J connectivity index is 2.17. The fourth-order valence-corrected chi connectivity index (χ4v) is 3.05. The molecule has 0 radical (unpaired) electrons. The molecule has 1 N–H and O–H groups in total. The summed E-state index contributed by atoms with van der Waals surface area (Å²) in [7, 11) is 0. The molecule has 1 aliphatic heterocycles. The first-order valence-electron chi connectivity index (χ1n) is 7.07. The highest BCUT2D eigenvalue weighted by atomic mass is 79.9. The largest absolute Gasteiger partial charge is 0.508 e. The highest BCUT2D eigenvalue weighted by molar-refractivity contribution is 9.10. The molecule has 0 bridgehead atoms. The molecule has 0 unspecified atom stereocenters. The highest BCUT2D eigenvalue weighted by Gasteiger charge is 2.17. The number of hydrogen-bond acceptors (Lipinski definition) is 3. The van der Waals surface area contributed by atoms with Gasteiger partial charge in [0.1, 0.15) is 17.1 Å². The van der Waals surface area contributed by atoms with Crippen molar-refractivity contribution in [3.05, 3.63) is 75.4 Å². The van der Waals surface area contributed by atoms with E-state index in [0.29, 0.717) is 11.3 Å². The maximum absolute atomic E-state index is 11.7. The van der Waals surface area contributed by atoms with E-state index in [2.05, 4.69) is 15.9 Å². The van der Waals surface area contributed by atoms with Crippen molar-refractivity contribution < 1.29 is 9.52 Å². The zero-order valence-corrected chi connectivity index (χ0v) is 13.5. The molecule has 2 aromatic rings. The molecule has 3 nitrogen and oxygen atoms in total. The molecule has 23 heavy (non-hydrogen) atoms. The van der Waals surface area contributed by atoms with E-state index in [0.717, 1.165) is 26.5 Å². The van der Waals surface area contributed by atoms with Crippen LogP contribution in [0.2, 0.25) is 0 Å². The Hall–Kier alpha value is -2.59. The summed E-state index contributed by atoms with van der Waals surface area (Å²) in [4.78, 5) is 11.7. The van der Waals surface area contributed by atoms with Gasteiger partial charge in [0.05, 0.1) is 0 Å². The maximum atomic E-state index is 11.7. The van der Waals surface area contributed by atoms with Gasteiger partial charge in [0.15, 0.2) is 5.43 Å². The van der Waals surface area contributed by atoms with Gasteiger partial charge < -0.3 is 9.52 Å². The van der Waals surface area contributed by atoms with Crippen LogP contribution in [0.4, 0.5) is 0 Å². The van der Waals surface area contributed by atoms with E-state index in [1.54, 1.807) is 18.2 Å². The van der Waals surface area contributed by atoms with Crippen LogP contribution >= 0.6 is 15.9 Å². The fraction of sp³-hybridized carbons (Fsp3) is 0. The summed E-state index contributed by atoms with van der Waals surface area (Å²) < 4.78 is 6.82. The van der Waals surface area contributed by atoms with Crippen LogP contribution in [0.1, 0.15) is 0 Å². The molecule has 0 saturated carbocycles. The van der Waals surface area contributed by atoms with Crippen molar-refractivity contribution in [2.75, 3.05) is 0 Å². The van der Waals surface area contributed by atoms with Gasteiger partial charge in [-0.1, -0.05) is 28.1 Å². The summed E-state index contributed by atoms with van der Waals surface area (Å²) in [5.41, 5.74) is 3.30. The summed E-state index contributed by atoms with van der Waals surface area (Å²) in [6.07, 6.45) is 0. The van der Waals surface area contributed by atoms with Crippen LogP contribution in [0.3, 0.4) is 0 Å². The van der Waals surface area contributed by atoms with Gasteiger partial charge in [-0.3, -0.25) is 4.79 Å². The summed E-state index contributed by atoms with van der Waals surface area (Å²) in [5, 5.41) is 10.6. The highest BCUT2D eigenvalue weighted by Crippen LogP contribution is 2.40. The third-order valence-electron chi connectivity index (χ3n) is 3.81. The second-order valence-electron chi connectivity index (χ2n) is 5.32. The van der Waals surface area contributed by atoms with Crippen molar-refractivity contribution in [1.29, 1.82) is 0 Å². The van der Waals surface area contributed by atoms with Gasteiger partial charge in [-0.25, -0.2) is 0 Å². The Kier molecular flexibility index (Phi) is 3.20. The van der Waals surface area contributed by atoms with Gasteiger partial charge in [-0.2, -0.15) is 0 Å². The number of phenolic OH excluding ortho intramolecular Hbond substituents is 1. The normalized spacial score (nSPS) is 11.2. The first-order valence-corrected chi connectivity index (χ1v) is 7.87. The average molecular weight is 367 g/mol. The lowest BCUT2D eigenvalue weighted by molar-refractivity contribution is 0.474. The smallest absolute Gasteiger partial charge is 0.182 e. The number of rotatable bonds is 1. The monoisotopic (exact) mass is 366 g/mol. The molecule has 4 rings (SSSR count). The SMILES string of the molecule is O=c1ccc2c(-c3ccc(Br)cc3)c3ccc(O)cc3oc-2c1. The Bertz CT molecular complexity index is 1050. The number of fused-ring (bicyclic) bond motifs is 2. The third-order valence-corrected chi connectivity index (χ3v) is 4.34. The topological polar surface area (TPSA) is 50.4 Å². The first-order chi connectivity index (χ1) is 11.1. The molecular weight excluding hydrogens is 356 g/mol. The molecule has 4 heteroatoms. The average Bonchev–Trinajstić information content (AvgIpc) is 2.53. The van der Waals surface area contributed by atoms with Crippen molar-refractivity contribution in [2.45, 2.75) is 0 Å². The molecule has 0 amide bonds. The molecule has 0 fully saturated rings. The molecule has 112 valence electrons. The van der Waals surface area contributed by atoms with Gasteiger partial charge in [0.2, 0.25) is 0 Å². The molecular formula is C19H11BrO3. The molecule has 0 saturated heterocycles. The lowest BCUT2D eigenvalue weighted by Crippen LogP contribution is -1.99. The zero-order chi connectivity index (χ0) is 16.0.